The molecule has 0 bridgehead atoms. The smallest absolute Gasteiger partial charge is 0.0846 e. The molecule has 0 fully saturated rings. The van der Waals surface area contributed by atoms with E-state index in [2.05, 4.69) is 10.0 Å². The maximum Gasteiger partial charge on any atom is 0.0846 e. The minimum atomic E-state index is -0.704. The number of aliphatic hydroxyl groups excluding tert-OH is 1. The van der Waals surface area contributed by atoms with E-state index in [4.69, 9.17) is 5.53 Å². The molecule has 1 aromatic carbocycles. The van der Waals surface area contributed by atoms with E-state index in [0.29, 0.717) is 0 Å². The summed E-state index contributed by atoms with van der Waals surface area (Å²) in [6, 6.07) is 5.71. The average molecular weight is 191 g/mol. The van der Waals surface area contributed by atoms with Crippen LogP contribution in [-0.4, -0.2) is 11.7 Å². The van der Waals surface area contributed by atoms with Crippen molar-refractivity contribution in [2.45, 2.75) is 20.0 Å². The van der Waals surface area contributed by atoms with Crippen molar-refractivity contribution in [3.63, 3.8) is 0 Å². The molecule has 1 rings (SSSR count). The van der Waals surface area contributed by atoms with Crippen LogP contribution in [0.2, 0.25) is 0 Å². The van der Waals surface area contributed by atoms with Gasteiger partial charge in [-0.1, -0.05) is 23.3 Å². The second kappa shape index (κ2) is 4.65. The fourth-order valence-electron chi connectivity index (χ4n) is 1.19. The van der Waals surface area contributed by atoms with Crippen molar-refractivity contribution in [1.82, 2.24) is 0 Å². The molecule has 4 heteroatoms. The van der Waals surface area contributed by atoms with E-state index in [1.807, 2.05) is 32.0 Å². The van der Waals surface area contributed by atoms with Gasteiger partial charge in [-0.2, -0.15) is 0 Å². The van der Waals surface area contributed by atoms with Crippen molar-refractivity contribution >= 4 is 0 Å². The Bertz CT molecular complexity index is 370. The van der Waals surface area contributed by atoms with E-state index in [1.54, 1.807) is 0 Å². The lowest BCUT2D eigenvalue weighted by Crippen LogP contribution is -2.01. The molecule has 0 heterocycles. The number of aliphatic hydroxyl groups is 1. The fraction of sp³-hybridized carbons (Fsp3) is 0.400. The molecule has 1 unspecified atom stereocenters. The summed E-state index contributed by atoms with van der Waals surface area (Å²) in [7, 11) is 0. The molecule has 0 aromatic heterocycles. The van der Waals surface area contributed by atoms with Gasteiger partial charge in [0, 0.05) is 4.91 Å². The molecule has 1 aromatic rings. The number of hydrogen-bond acceptors (Lipinski definition) is 2. The summed E-state index contributed by atoms with van der Waals surface area (Å²) < 4.78 is 0. The summed E-state index contributed by atoms with van der Waals surface area (Å²) in [6.45, 7) is 4.08. The van der Waals surface area contributed by atoms with Crippen molar-refractivity contribution in [2.24, 2.45) is 5.11 Å². The number of hydrogen-bond donors (Lipinski definition) is 1. The third kappa shape index (κ3) is 2.49. The highest BCUT2D eigenvalue weighted by Gasteiger charge is 2.06. The van der Waals surface area contributed by atoms with Gasteiger partial charge in [0.1, 0.15) is 0 Å². The molecule has 0 amide bonds. The maximum absolute atomic E-state index is 9.60. The van der Waals surface area contributed by atoms with Crippen LogP contribution in [0.1, 0.15) is 22.8 Å². The van der Waals surface area contributed by atoms with Crippen LogP contribution in [0.15, 0.2) is 23.3 Å². The Morgan fingerprint density at radius 3 is 2.71 bits per heavy atom. The van der Waals surface area contributed by atoms with Crippen LogP contribution >= 0.6 is 0 Å². The zero-order chi connectivity index (χ0) is 10.6. The number of benzene rings is 1. The van der Waals surface area contributed by atoms with E-state index in [-0.39, 0.29) is 6.54 Å². The van der Waals surface area contributed by atoms with Crippen LogP contribution in [0.5, 0.6) is 0 Å². The molecule has 0 aliphatic rings. The number of rotatable bonds is 3. The zero-order valence-corrected chi connectivity index (χ0v) is 8.31. The largest absolute Gasteiger partial charge is 0.388 e. The van der Waals surface area contributed by atoms with E-state index < -0.39 is 6.10 Å². The Morgan fingerprint density at radius 2 is 2.14 bits per heavy atom. The first kappa shape index (κ1) is 10.6. The molecule has 1 N–H and O–H groups in total. The van der Waals surface area contributed by atoms with Gasteiger partial charge in [-0.05, 0) is 36.1 Å². The van der Waals surface area contributed by atoms with Gasteiger partial charge < -0.3 is 5.11 Å². The first-order chi connectivity index (χ1) is 6.65. The van der Waals surface area contributed by atoms with Crippen LogP contribution in [0.4, 0.5) is 0 Å². The van der Waals surface area contributed by atoms with Gasteiger partial charge in [0.2, 0.25) is 0 Å². The molecule has 0 aliphatic carbocycles. The second-order valence-electron chi connectivity index (χ2n) is 3.27. The van der Waals surface area contributed by atoms with Gasteiger partial charge in [-0.3, -0.25) is 0 Å². The molecular formula is C10H13N3O. The van der Waals surface area contributed by atoms with E-state index in [9.17, 15) is 5.11 Å². The van der Waals surface area contributed by atoms with E-state index in [0.717, 1.165) is 11.1 Å². The Balaban J connectivity index is 2.85. The number of azide groups is 1. The lowest BCUT2D eigenvalue weighted by Gasteiger charge is -2.09. The van der Waals surface area contributed by atoms with Crippen LogP contribution in [0.25, 0.3) is 10.4 Å². The average Bonchev–Trinajstić information content (AvgIpc) is 2.18. The summed E-state index contributed by atoms with van der Waals surface area (Å²) in [5, 5.41) is 12.9. The topological polar surface area (TPSA) is 69.0 Å². The van der Waals surface area contributed by atoms with Gasteiger partial charge in [-0.15, -0.1) is 0 Å². The molecule has 14 heavy (non-hydrogen) atoms. The summed E-state index contributed by atoms with van der Waals surface area (Å²) in [6.07, 6.45) is -0.704. The van der Waals surface area contributed by atoms with Gasteiger partial charge in [0.05, 0.1) is 12.6 Å². The van der Waals surface area contributed by atoms with Crippen LogP contribution < -0.4 is 0 Å². The van der Waals surface area contributed by atoms with Gasteiger partial charge >= 0.3 is 0 Å². The molecular weight excluding hydrogens is 178 g/mol. The minimum Gasteiger partial charge on any atom is -0.388 e. The fourth-order valence-corrected chi connectivity index (χ4v) is 1.19. The van der Waals surface area contributed by atoms with Gasteiger partial charge in [0.25, 0.3) is 0 Å². The molecule has 1 atom stereocenters. The normalized spacial score (nSPS) is 11.9. The maximum atomic E-state index is 9.60. The van der Waals surface area contributed by atoms with Crippen molar-refractivity contribution in [3.8, 4) is 0 Å². The molecule has 74 valence electrons. The predicted molar refractivity (Wildman–Crippen MR) is 54.9 cm³/mol. The molecule has 0 aliphatic heterocycles. The Morgan fingerprint density at radius 1 is 1.43 bits per heavy atom. The molecule has 0 saturated heterocycles. The lowest BCUT2D eigenvalue weighted by molar-refractivity contribution is 0.186. The van der Waals surface area contributed by atoms with Crippen molar-refractivity contribution in [2.75, 3.05) is 6.54 Å². The Hall–Kier alpha value is -1.51. The highest BCUT2D eigenvalue weighted by Crippen LogP contribution is 2.17. The Labute approximate surface area is 82.8 Å². The van der Waals surface area contributed by atoms with Gasteiger partial charge in [0.15, 0.2) is 0 Å². The SMILES string of the molecule is Cc1ccc(C(O)CN=[N+]=[N-])cc1C. The first-order valence-corrected chi connectivity index (χ1v) is 4.41. The molecule has 0 saturated carbocycles. The summed E-state index contributed by atoms with van der Waals surface area (Å²) in [5.74, 6) is 0. The highest BCUT2D eigenvalue weighted by molar-refractivity contribution is 5.31. The van der Waals surface area contributed by atoms with Crippen molar-refractivity contribution in [1.29, 1.82) is 0 Å². The number of aryl methyl sites for hydroxylation is 2. The van der Waals surface area contributed by atoms with E-state index >= 15 is 0 Å². The third-order valence-electron chi connectivity index (χ3n) is 2.23. The summed E-state index contributed by atoms with van der Waals surface area (Å²) in [5.41, 5.74) is 11.2. The van der Waals surface area contributed by atoms with E-state index in [1.165, 1.54) is 5.56 Å². The van der Waals surface area contributed by atoms with Gasteiger partial charge in [-0.25, -0.2) is 0 Å². The molecule has 0 spiro atoms. The van der Waals surface area contributed by atoms with Crippen LogP contribution in [-0.2, 0) is 0 Å². The number of nitrogens with zero attached hydrogens (tertiary/aromatic N) is 3. The van der Waals surface area contributed by atoms with Crippen molar-refractivity contribution in [3.05, 3.63) is 45.3 Å². The highest BCUT2D eigenvalue weighted by atomic mass is 16.3. The quantitative estimate of drug-likeness (QED) is 0.445. The minimum absolute atomic E-state index is 0.0823. The molecule has 0 radical (unpaired) electrons. The predicted octanol–water partition coefficient (Wildman–Crippen LogP) is 2.65. The van der Waals surface area contributed by atoms with Crippen LogP contribution in [0, 0.1) is 13.8 Å². The zero-order valence-electron chi connectivity index (χ0n) is 8.31. The third-order valence-corrected chi connectivity index (χ3v) is 2.23. The first-order valence-electron chi connectivity index (χ1n) is 4.41. The molecule has 4 nitrogen and oxygen atoms in total. The van der Waals surface area contributed by atoms with Crippen LogP contribution in [0.3, 0.4) is 0 Å². The summed E-state index contributed by atoms with van der Waals surface area (Å²) in [4.78, 5) is 2.61. The Kier molecular flexibility index (Phi) is 3.51. The standard InChI is InChI=1S/C10H13N3O/c1-7-3-4-9(5-8(7)2)10(14)6-12-13-11/h3-5,10,14H,6H2,1-2H3. The monoisotopic (exact) mass is 191 g/mol. The lowest BCUT2D eigenvalue weighted by atomic mass is 10.0. The van der Waals surface area contributed by atoms with Crippen molar-refractivity contribution < 1.29 is 5.11 Å². The second-order valence-corrected chi connectivity index (χ2v) is 3.27. The summed E-state index contributed by atoms with van der Waals surface area (Å²) >= 11 is 0.